The van der Waals surface area contributed by atoms with Gasteiger partial charge in [-0.1, -0.05) is 36.4 Å². The number of anilines is 1. The lowest BCUT2D eigenvalue weighted by molar-refractivity contribution is -0.115. The largest absolute Gasteiger partial charge is 0.355 e. The molecule has 7 nitrogen and oxygen atoms in total. The number of thiophene rings is 1. The van der Waals surface area contributed by atoms with Gasteiger partial charge in [0.25, 0.3) is 11.5 Å². The molecule has 4 rings (SSSR count). The molecular weight excluding hydrogens is 456 g/mol. The second kappa shape index (κ2) is 10.0. The van der Waals surface area contributed by atoms with Crippen molar-refractivity contribution in [2.45, 2.75) is 17.9 Å². The fourth-order valence-electron chi connectivity index (χ4n) is 3.30. The molecule has 2 aromatic heterocycles. The van der Waals surface area contributed by atoms with E-state index in [1.54, 1.807) is 38.2 Å². The molecule has 1 atom stereocenters. The number of nitrogens with one attached hydrogen (secondary N) is 3. The van der Waals surface area contributed by atoms with Crippen molar-refractivity contribution in [2.75, 3.05) is 12.4 Å². The summed E-state index contributed by atoms with van der Waals surface area (Å²) in [7, 11) is 1.56. The van der Waals surface area contributed by atoms with Crippen LogP contribution in [0.3, 0.4) is 0 Å². The van der Waals surface area contributed by atoms with E-state index in [9.17, 15) is 14.4 Å². The maximum atomic E-state index is 12.8. The lowest BCUT2D eigenvalue weighted by Gasteiger charge is -2.12. The number of rotatable bonds is 7. The maximum Gasteiger partial charge on any atom is 0.260 e. The molecule has 0 saturated carbocycles. The number of carbonyl (C=O) groups is 2. The van der Waals surface area contributed by atoms with Crippen molar-refractivity contribution in [3.8, 4) is 11.1 Å². The monoisotopic (exact) mass is 478 g/mol. The third-order valence-electron chi connectivity index (χ3n) is 5.04. The number of amides is 2. The lowest BCUT2D eigenvalue weighted by atomic mass is 10.1. The molecule has 3 N–H and O–H groups in total. The topological polar surface area (TPSA) is 104 Å². The molecule has 0 fully saturated rings. The predicted molar refractivity (Wildman–Crippen MR) is 135 cm³/mol. The van der Waals surface area contributed by atoms with E-state index in [4.69, 9.17) is 0 Å². The van der Waals surface area contributed by atoms with Crippen molar-refractivity contribution in [3.05, 3.63) is 81.7 Å². The number of H-pyrrole nitrogens is 1. The van der Waals surface area contributed by atoms with Crippen LogP contribution in [0.2, 0.25) is 0 Å². The molecule has 0 radical (unpaired) electrons. The number of hydrogen-bond donors (Lipinski definition) is 3. The van der Waals surface area contributed by atoms with E-state index in [1.807, 2.05) is 35.7 Å². The van der Waals surface area contributed by atoms with Gasteiger partial charge < -0.3 is 15.6 Å². The highest BCUT2D eigenvalue weighted by Gasteiger charge is 2.17. The summed E-state index contributed by atoms with van der Waals surface area (Å²) in [5.41, 5.74) is 2.68. The Kier molecular flexibility index (Phi) is 6.90. The normalized spacial score (nSPS) is 11.8. The molecule has 0 aliphatic rings. The molecule has 0 spiro atoms. The average Bonchev–Trinajstić information content (AvgIpc) is 3.27. The molecule has 9 heteroatoms. The van der Waals surface area contributed by atoms with E-state index in [2.05, 4.69) is 20.6 Å². The number of aromatic amines is 1. The summed E-state index contributed by atoms with van der Waals surface area (Å²) < 4.78 is 0. The van der Waals surface area contributed by atoms with Gasteiger partial charge in [0.2, 0.25) is 5.91 Å². The van der Waals surface area contributed by atoms with Crippen molar-refractivity contribution in [2.24, 2.45) is 0 Å². The second-order valence-corrected chi connectivity index (χ2v) is 9.50. The number of aromatic nitrogens is 2. The van der Waals surface area contributed by atoms with Crippen LogP contribution in [-0.4, -0.2) is 34.1 Å². The number of nitrogens with zero attached hydrogens (tertiary/aromatic N) is 1. The molecule has 0 bridgehead atoms. The quantitative estimate of drug-likeness (QED) is 0.368. The zero-order chi connectivity index (χ0) is 23.4. The fraction of sp³-hybridized carbons (Fsp3) is 0.167. The van der Waals surface area contributed by atoms with E-state index in [1.165, 1.54) is 23.1 Å². The molecular formula is C24H22N4O3S2. The molecule has 33 heavy (non-hydrogen) atoms. The zero-order valence-electron chi connectivity index (χ0n) is 18.0. The first-order chi connectivity index (χ1) is 16.0. The summed E-state index contributed by atoms with van der Waals surface area (Å²) >= 11 is 2.81. The van der Waals surface area contributed by atoms with E-state index in [0.29, 0.717) is 33.0 Å². The molecule has 4 aromatic rings. The number of carbonyl (C=O) groups excluding carboxylic acids is 2. The van der Waals surface area contributed by atoms with Gasteiger partial charge >= 0.3 is 0 Å². The van der Waals surface area contributed by atoms with E-state index in [-0.39, 0.29) is 17.4 Å². The molecule has 2 heterocycles. The Labute approximate surface area is 198 Å². The third-order valence-corrected chi connectivity index (χ3v) is 7.06. The Morgan fingerprint density at radius 1 is 1.15 bits per heavy atom. The third kappa shape index (κ3) is 5.15. The van der Waals surface area contributed by atoms with Gasteiger partial charge in [-0.15, -0.1) is 23.1 Å². The molecule has 1 unspecified atom stereocenters. The summed E-state index contributed by atoms with van der Waals surface area (Å²) in [5, 5.41) is 7.53. The fourth-order valence-corrected chi connectivity index (χ4v) is 5.02. The number of thioether (sulfide) groups is 1. The highest BCUT2D eigenvalue weighted by molar-refractivity contribution is 7.99. The van der Waals surface area contributed by atoms with Crippen LogP contribution >= 0.6 is 23.1 Å². The van der Waals surface area contributed by atoms with Crippen LogP contribution in [0.1, 0.15) is 23.1 Å². The predicted octanol–water partition coefficient (Wildman–Crippen LogP) is 4.27. The Morgan fingerprint density at radius 3 is 2.70 bits per heavy atom. The minimum atomic E-state index is -0.391. The lowest BCUT2D eigenvalue weighted by Crippen LogP contribution is -2.23. The van der Waals surface area contributed by atoms with E-state index >= 15 is 0 Å². The van der Waals surface area contributed by atoms with Crippen molar-refractivity contribution in [1.82, 2.24) is 15.3 Å². The van der Waals surface area contributed by atoms with Crippen LogP contribution in [0.25, 0.3) is 21.3 Å². The van der Waals surface area contributed by atoms with Gasteiger partial charge in [-0.3, -0.25) is 14.4 Å². The van der Waals surface area contributed by atoms with Crippen LogP contribution in [0.15, 0.2) is 64.8 Å². The minimum Gasteiger partial charge on any atom is -0.355 e. The van der Waals surface area contributed by atoms with Crippen molar-refractivity contribution in [1.29, 1.82) is 0 Å². The van der Waals surface area contributed by atoms with Gasteiger partial charge in [-0.05, 0) is 30.7 Å². The first kappa shape index (κ1) is 22.8. The van der Waals surface area contributed by atoms with Crippen molar-refractivity contribution in [3.63, 3.8) is 0 Å². The second-order valence-electron chi connectivity index (χ2n) is 7.31. The van der Waals surface area contributed by atoms with Crippen LogP contribution in [0.4, 0.5) is 5.69 Å². The smallest absolute Gasteiger partial charge is 0.260 e. The molecule has 0 aliphatic carbocycles. The molecule has 168 valence electrons. The van der Waals surface area contributed by atoms with Crippen LogP contribution in [-0.2, 0) is 10.5 Å². The van der Waals surface area contributed by atoms with Crippen molar-refractivity contribution < 1.29 is 9.59 Å². The molecule has 2 amide bonds. The summed E-state index contributed by atoms with van der Waals surface area (Å²) in [6.07, 6.45) is 0. The molecule has 0 saturated heterocycles. The van der Waals surface area contributed by atoms with Crippen LogP contribution in [0.5, 0.6) is 0 Å². The SMILES string of the molecule is CNC(=O)c1cccc(NC(=O)C(C)SCc2nc3scc(-c4ccccc4)c3c(=O)[nH]2)c1. The maximum absolute atomic E-state index is 12.8. The standard InChI is InChI=1S/C24H22N4O3S2/c1-14(21(29)26-17-10-6-9-16(11-17)22(30)25-2)32-13-19-27-23(31)20-18(12-33-24(20)28-19)15-7-4-3-5-8-15/h3-12,14H,13H2,1-2H3,(H,25,30)(H,26,29)(H,27,28,31). The molecule has 0 aliphatic heterocycles. The number of hydrogen-bond acceptors (Lipinski definition) is 6. The Hall–Kier alpha value is -3.43. The van der Waals surface area contributed by atoms with Gasteiger partial charge in [0.1, 0.15) is 10.7 Å². The van der Waals surface area contributed by atoms with E-state index < -0.39 is 5.25 Å². The van der Waals surface area contributed by atoms with Gasteiger partial charge in [0.15, 0.2) is 0 Å². The van der Waals surface area contributed by atoms with Crippen molar-refractivity contribution >= 4 is 50.8 Å². The van der Waals surface area contributed by atoms with Crippen LogP contribution < -0.4 is 16.2 Å². The summed E-state index contributed by atoms with van der Waals surface area (Å²) in [6.45, 7) is 1.79. The Balaban J connectivity index is 1.43. The highest BCUT2D eigenvalue weighted by atomic mass is 32.2. The zero-order valence-corrected chi connectivity index (χ0v) is 19.7. The minimum absolute atomic E-state index is 0.182. The number of benzene rings is 2. The summed E-state index contributed by atoms with van der Waals surface area (Å²) in [6, 6.07) is 16.5. The Morgan fingerprint density at radius 2 is 1.94 bits per heavy atom. The van der Waals surface area contributed by atoms with Gasteiger partial charge in [0, 0.05) is 29.2 Å². The number of fused-ring (bicyclic) bond motifs is 1. The highest BCUT2D eigenvalue weighted by Crippen LogP contribution is 2.31. The first-order valence-corrected chi connectivity index (χ1v) is 12.2. The van der Waals surface area contributed by atoms with Crippen LogP contribution in [0, 0.1) is 0 Å². The first-order valence-electron chi connectivity index (χ1n) is 10.3. The molecule has 2 aromatic carbocycles. The summed E-state index contributed by atoms with van der Waals surface area (Å²) in [5.74, 6) is 0.500. The van der Waals surface area contributed by atoms with Gasteiger partial charge in [-0.2, -0.15) is 0 Å². The van der Waals surface area contributed by atoms with E-state index in [0.717, 1.165) is 11.1 Å². The van der Waals surface area contributed by atoms with Gasteiger partial charge in [-0.25, -0.2) is 4.98 Å². The Bertz CT molecular complexity index is 1370. The van der Waals surface area contributed by atoms with Gasteiger partial charge in [0.05, 0.1) is 16.4 Å². The summed E-state index contributed by atoms with van der Waals surface area (Å²) in [4.78, 5) is 45.3. The average molecular weight is 479 g/mol.